The number of likely N-dealkylation sites (tertiary alicyclic amines) is 1. The molecule has 0 saturated carbocycles. The SMILES string of the molecule is CC(C)(C)OC(=O)N1CCCCC1Oc1ccc2c(c1)C(=O)N(C1CCC(=O)NC1=O)C2=O. The van der Waals surface area contributed by atoms with Gasteiger partial charge in [-0.1, -0.05) is 0 Å². The molecule has 3 aliphatic rings. The zero-order valence-corrected chi connectivity index (χ0v) is 18.9. The predicted octanol–water partition coefficient (Wildman–Crippen LogP) is 2.21. The van der Waals surface area contributed by atoms with Crippen LogP contribution in [0.2, 0.25) is 0 Å². The van der Waals surface area contributed by atoms with Crippen molar-refractivity contribution in [1.29, 1.82) is 0 Å². The van der Waals surface area contributed by atoms with Crippen LogP contribution in [-0.4, -0.2) is 63.9 Å². The highest BCUT2D eigenvalue weighted by Crippen LogP contribution is 2.32. The summed E-state index contributed by atoms with van der Waals surface area (Å²) in [6, 6.07) is 3.49. The van der Waals surface area contributed by atoms with E-state index in [-0.39, 0.29) is 24.0 Å². The summed E-state index contributed by atoms with van der Waals surface area (Å²) >= 11 is 0. The molecule has 2 atom stereocenters. The highest BCUT2D eigenvalue weighted by atomic mass is 16.6. The minimum Gasteiger partial charge on any atom is -0.470 e. The van der Waals surface area contributed by atoms with Gasteiger partial charge in [-0.3, -0.25) is 34.3 Å². The molecule has 0 spiro atoms. The van der Waals surface area contributed by atoms with Gasteiger partial charge >= 0.3 is 6.09 Å². The lowest BCUT2D eigenvalue weighted by molar-refractivity contribution is -0.136. The summed E-state index contributed by atoms with van der Waals surface area (Å²) in [5, 5.41) is 2.17. The van der Waals surface area contributed by atoms with E-state index in [0.29, 0.717) is 18.7 Å². The smallest absolute Gasteiger partial charge is 0.413 e. The van der Waals surface area contributed by atoms with Gasteiger partial charge in [-0.25, -0.2) is 4.79 Å². The van der Waals surface area contributed by atoms with Gasteiger partial charge in [0.1, 0.15) is 17.4 Å². The maximum absolute atomic E-state index is 13.0. The monoisotopic (exact) mass is 457 g/mol. The van der Waals surface area contributed by atoms with Gasteiger partial charge in [0, 0.05) is 19.4 Å². The van der Waals surface area contributed by atoms with Crippen molar-refractivity contribution in [2.75, 3.05) is 6.54 Å². The Bertz CT molecular complexity index is 1030. The topological polar surface area (TPSA) is 122 Å². The molecule has 176 valence electrons. The fourth-order valence-electron chi connectivity index (χ4n) is 4.23. The second kappa shape index (κ2) is 8.49. The van der Waals surface area contributed by atoms with Gasteiger partial charge < -0.3 is 9.47 Å². The molecule has 1 aromatic carbocycles. The van der Waals surface area contributed by atoms with E-state index in [4.69, 9.17) is 9.47 Å². The number of nitrogens with zero attached hydrogens (tertiary/aromatic N) is 2. The van der Waals surface area contributed by atoms with Crippen LogP contribution in [0.25, 0.3) is 0 Å². The highest BCUT2D eigenvalue weighted by Gasteiger charge is 2.45. The molecule has 2 fully saturated rings. The predicted molar refractivity (Wildman–Crippen MR) is 114 cm³/mol. The fourth-order valence-corrected chi connectivity index (χ4v) is 4.23. The van der Waals surface area contributed by atoms with Crippen LogP contribution in [0.4, 0.5) is 4.79 Å². The summed E-state index contributed by atoms with van der Waals surface area (Å²) < 4.78 is 11.5. The molecule has 10 heteroatoms. The first-order chi connectivity index (χ1) is 15.5. The number of benzene rings is 1. The van der Waals surface area contributed by atoms with Crippen LogP contribution < -0.4 is 10.1 Å². The molecule has 1 N–H and O–H groups in total. The first kappa shape index (κ1) is 22.8. The second-order valence-corrected chi connectivity index (χ2v) is 9.40. The Morgan fingerprint density at radius 1 is 1.03 bits per heavy atom. The number of nitrogens with one attached hydrogen (secondary N) is 1. The quantitative estimate of drug-likeness (QED) is 0.691. The zero-order chi connectivity index (χ0) is 23.9. The fraction of sp³-hybridized carbons (Fsp3) is 0.522. The standard InChI is InChI=1S/C23H27N3O7/c1-23(2,3)33-22(31)25-11-5-4-6-18(25)32-13-7-8-14-15(12-13)21(30)26(20(14)29)16-9-10-17(27)24-19(16)28/h7-8,12,16,18H,4-6,9-11H2,1-3H3,(H,24,27,28). The Morgan fingerprint density at radius 3 is 2.45 bits per heavy atom. The molecule has 2 unspecified atom stereocenters. The minimum absolute atomic E-state index is 0.0559. The van der Waals surface area contributed by atoms with Crippen molar-refractivity contribution in [3.63, 3.8) is 0 Å². The number of imide groups is 2. The third-order valence-electron chi connectivity index (χ3n) is 5.76. The van der Waals surface area contributed by atoms with E-state index in [2.05, 4.69) is 5.32 Å². The van der Waals surface area contributed by atoms with E-state index >= 15 is 0 Å². The van der Waals surface area contributed by atoms with Gasteiger partial charge in [0.25, 0.3) is 11.8 Å². The molecular formula is C23H27N3O7. The summed E-state index contributed by atoms with van der Waals surface area (Å²) in [7, 11) is 0. The van der Waals surface area contributed by atoms with Crippen LogP contribution >= 0.6 is 0 Å². The average molecular weight is 457 g/mol. The molecule has 0 bridgehead atoms. The van der Waals surface area contributed by atoms with Crippen molar-refractivity contribution < 1.29 is 33.4 Å². The summed E-state index contributed by atoms with van der Waals surface area (Å²) in [6.07, 6.45) is 1.42. The third kappa shape index (κ3) is 4.55. The Morgan fingerprint density at radius 2 is 1.76 bits per heavy atom. The van der Waals surface area contributed by atoms with Crippen molar-refractivity contribution in [3.8, 4) is 5.75 Å². The highest BCUT2D eigenvalue weighted by molar-refractivity contribution is 6.23. The van der Waals surface area contributed by atoms with Crippen molar-refractivity contribution in [2.24, 2.45) is 0 Å². The molecule has 0 aromatic heterocycles. The van der Waals surface area contributed by atoms with Crippen LogP contribution in [0.1, 0.15) is 73.6 Å². The number of amides is 5. The van der Waals surface area contributed by atoms with Gasteiger partial charge in [-0.2, -0.15) is 0 Å². The van der Waals surface area contributed by atoms with Gasteiger partial charge in [0.15, 0.2) is 6.23 Å². The van der Waals surface area contributed by atoms with E-state index in [0.717, 1.165) is 17.7 Å². The van der Waals surface area contributed by atoms with Crippen molar-refractivity contribution in [3.05, 3.63) is 29.3 Å². The lowest BCUT2D eigenvalue weighted by Gasteiger charge is -2.36. The molecule has 3 aliphatic heterocycles. The van der Waals surface area contributed by atoms with Crippen LogP contribution in [0.5, 0.6) is 5.75 Å². The van der Waals surface area contributed by atoms with Gasteiger partial charge in [-0.15, -0.1) is 0 Å². The lowest BCUT2D eigenvalue weighted by atomic mass is 10.0. The molecule has 33 heavy (non-hydrogen) atoms. The Kier molecular flexibility index (Phi) is 5.85. The molecule has 2 saturated heterocycles. The summed E-state index contributed by atoms with van der Waals surface area (Å²) in [4.78, 5) is 64.5. The van der Waals surface area contributed by atoms with Crippen LogP contribution in [0.15, 0.2) is 18.2 Å². The van der Waals surface area contributed by atoms with Crippen LogP contribution in [-0.2, 0) is 14.3 Å². The maximum atomic E-state index is 13.0. The number of hydrogen-bond donors (Lipinski definition) is 1. The third-order valence-corrected chi connectivity index (χ3v) is 5.76. The van der Waals surface area contributed by atoms with Gasteiger partial charge in [0.05, 0.1) is 11.1 Å². The number of carbonyl (C=O) groups is 5. The Balaban J connectivity index is 1.52. The molecule has 0 aliphatic carbocycles. The van der Waals surface area contributed by atoms with Crippen LogP contribution in [0.3, 0.4) is 0 Å². The van der Waals surface area contributed by atoms with Crippen molar-refractivity contribution in [2.45, 2.75) is 70.7 Å². The maximum Gasteiger partial charge on any atom is 0.413 e. The average Bonchev–Trinajstić information content (AvgIpc) is 2.97. The molecule has 1 aromatic rings. The van der Waals surface area contributed by atoms with Crippen LogP contribution in [0, 0.1) is 0 Å². The summed E-state index contributed by atoms with van der Waals surface area (Å²) in [6.45, 7) is 5.87. The molecule has 3 heterocycles. The van der Waals surface area contributed by atoms with E-state index < -0.39 is 47.6 Å². The van der Waals surface area contributed by atoms with E-state index in [1.165, 1.54) is 17.0 Å². The van der Waals surface area contributed by atoms with E-state index in [1.807, 2.05) is 0 Å². The number of piperidine rings is 2. The van der Waals surface area contributed by atoms with Crippen molar-refractivity contribution in [1.82, 2.24) is 15.1 Å². The summed E-state index contributed by atoms with van der Waals surface area (Å²) in [5.74, 6) is -1.94. The first-order valence-corrected chi connectivity index (χ1v) is 11.1. The number of carbonyl (C=O) groups excluding carboxylic acids is 5. The zero-order valence-electron chi connectivity index (χ0n) is 18.9. The lowest BCUT2D eigenvalue weighted by Crippen LogP contribution is -2.54. The molecular weight excluding hydrogens is 430 g/mol. The molecule has 10 nitrogen and oxygen atoms in total. The van der Waals surface area contributed by atoms with Gasteiger partial charge in [-0.05, 0) is 58.2 Å². The minimum atomic E-state index is -1.03. The normalized spacial score (nSPS) is 23.4. The largest absolute Gasteiger partial charge is 0.470 e. The first-order valence-electron chi connectivity index (χ1n) is 11.1. The van der Waals surface area contributed by atoms with E-state index in [9.17, 15) is 24.0 Å². The Hall–Kier alpha value is -3.43. The number of ether oxygens (including phenoxy) is 2. The Labute approximate surface area is 191 Å². The number of fused-ring (bicyclic) bond motifs is 1. The second-order valence-electron chi connectivity index (χ2n) is 9.40. The molecule has 5 amide bonds. The van der Waals surface area contributed by atoms with Gasteiger partial charge in [0.2, 0.25) is 11.8 Å². The number of rotatable bonds is 3. The van der Waals surface area contributed by atoms with E-state index in [1.54, 1.807) is 26.8 Å². The number of hydrogen-bond acceptors (Lipinski definition) is 7. The molecule has 4 rings (SSSR count). The van der Waals surface area contributed by atoms with Crippen molar-refractivity contribution >= 4 is 29.7 Å². The molecule has 0 radical (unpaired) electrons. The summed E-state index contributed by atoms with van der Waals surface area (Å²) in [5.41, 5.74) is -0.342.